The average Bonchev–Trinajstić information content (AvgIpc) is 2.97. The van der Waals surface area contributed by atoms with Gasteiger partial charge in [0.15, 0.2) is 5.82 Å². The predicted octanol–water partition coefficient (Wildman–Crippen LogP) is 1.58. The second kappa shape index (κ2) is 4.47. The van der Waals surface area contributed by atoms with Crippen LogP contribution in [0.1, 0.15) is 18.8 Å². The lowest BCUT2D eigenvalue weighted by atomic mass is 10.3. The molecule has 8 heteroatoms. The number of nitrogens with zero attached hydrogens (tertiary/aromatic N) is 5. The van der Waals surface area contributed by atoms with Gasteiger partial charge in [0.05, 0.1) is 11.4 Å². The molecule has 0 aliphatic carbocycles. The zero-order valence-electron chi connectivity index (χ0n) is 10.5. The van der Waals surface area contributed by atoms with Gasteiger partial charge >= 0.3 is 0 Å². The second-order valence-electron chi connectivity index (χ2n) is 4.24. The van der Waals surface area contributed by atoms with Crippen LogP contribution in [0.3, 0.4) is 0 Å². The molecular formula is C11H13N7S. The van der Waals surface area contributed by atoms with Gasteiger partial charge in [-0.25, -0.2) is 4.98 Å². The Morgan fingerprint density at radius 3 is 3.00 bits per heavy atom. The average molecular weight is 275 g/mol. The molecular weight excluding hydrogens is 262 g/mol. The molecule has 98 valence electrons. The van der Waals surface area contributed by atoms with E-state index in [1.807, 2.05) is 30.0 Å². The van der Waals surface area contributed by atoms with Crippen LogP contribution in [-0.4, -0.2) is 24.7 Å². The van der Waals surface area contributed by atoms with Crippen molar-refractivity contribution in [2.24, 2.45) is 7.05 Å². The van der Waals surface area contributed by atoms with E-state index < -0.39 is 0 Å². The fourth-order valence-corrected chi connectivity index (χ4v) is 2.71. The first-order valence-electron chi connectivity index (χ1n) is 5.76. The monoisotopic (exact) mass is 275 g/mol. The van der Waals surface area contributed by atoms with E-state index in [0.717, 1.165) is 21.9 Å². The van der Waals surface area contributed by atoms with Crippen LogP contribution in [-0.2, 0) is 7.05 Å². The minimum absolute atomic E-state index is 0.0232. The van der Waals surface area contributed by atoms with Gasteiger partial charge < -0.3 is 15.6 Å². The van der Waals surface area contributed by atoms with Crippen LogP contribution in [0.5, 0.6) is 0 Å². The Balaban J connectivity index is 1.97. The lowest BCUT2D eigenvalue weighted by Gasteiger charge is -2.14. The molecule has 3 aromatic heterocycles. The number of nitrogens with one attached hydrogen (secondary N) is 1. The van der Waals surface area contributed by atoms with Crippen LogP contribution in [0.15, 0.2) is 17.8 Å². The van der Waals surface area contributed by atoms with Crippen molar-refractivity contribution in [1.29, 1.82) is 0 Å². The number of hydrogen-bond acceptors (Lipinski definition) is 7. The first kappa shape index (κ1) is 11.8. The van der Waals surface area contributed by atoms with Crippen LogP contribution in [0.2, 0.25) is 0 Å². The molecule has 0 bridgehead atoms. The maximum atomic E-state index is 5.72. The van der Waals surface area contributed by atoms with Gasteiger partial charge in [-0.15, -0.1) is 21.5 Å². The Hall–Kier alpha value is -2.22. The largest absolute Gasteiger partial charge is 0.368 e. The highest BCUT2D eigenvalue weighted by atomic mass is 32.1. The number of thiophene rings is 1. The van der Waals surface area contributed by atoms with Gasteiger partial charge in [-0.2, -0.15) is 4.98 Å². The number of anilines is 2. The van der Waals surface area contributed by atoms with Gasteiger partial charge in [0.2, 0.25) is 5.95 Å². The van der Waals surface area contributed by atoms with E-state index in [9.17, 15) is 0 Å². The first-order valence-corrected chi connectivity index (χ1v) is 6.64. The third kappa shape index (κ3) is 2.10. The molecule has 0 saturated carbocycles. The normalized spacial score (nSPS) is 12.7. The van der Waals surface area contributed by atoms with Gasteiger partial charge in [-0.3, -0.25) is 0 Å². The molecule has 3 N–H and O–H groups in total. The summed E-state index contributed by atoms with van der Waals surface area (Å²) >= 11 is 1.54. The van der Waals surface area contributed by atoms with E-state index in [-0.39, 0.29) is 12.0 Å². The molecule has 0 aromatic carbocycles. The van der Waals surface area contributed by atoms with Crippen molar-refractivity contribution in [3.63, 3.8) is 0 Å². The summed E-state index contributed by atoms with van der Waals surface area (Å²) in [5.74, 6) is 1.82. The highest BCUT2D eigenvalue weighted by molar-refractivity contribution is 7.16. The molecule has 1 atom stereocenters. The fraction of sp³-hybridized carbons (Fsp3) is 0.273. The quantitative estimate of drug-likeness (QED) is 0.753. The van der Waals surface area contributed by atoms with E-state index in [4.69, 9.17) is 5.73 Å². The lowest BCUT2D eigenvalue weighted by molar-refractivity contribution is 0.717. The van der Waals surface area contributed by atoms with Crippen LogP contribution in [0.4, 0.5) is 11.8 Å². The summed E-state index contributed by atoms with van der Waals surface area (Å²) < 4.78 is 1.87. The molecule has 1 unspecified atom stereocenters. The van der Waals surface area contributed by atoms with Crippen molar-refractivity contribution >= 4 is 33.3 Å². The Morgan fingerprint density at radius 2 is 2.26 bits per heavy atom. The van der Waals surface area contributed by atoms with Crippen molar-refractivity contribution in [2.75, 3.05) is 11.1 Å². The van der Waals surface area contributed by atoms with Gasteiger partial charge in [0.25, 0.3) is 0 Å². The molecule has 0 aliphatic heterocycles. The summed E-state index contributed by atoms with van der Waals surface area (Å²) in [6, 6.07) is 1.95. The SMILES string of the molecule is CC(Nc1nc(N)nc2sccc12)c1nncn1C. The number of nitrogen functional groups attached to an aromatic ring is 1. The van der Waals surface area contributed by atoms with E-state index in [0.29, 0.717) is 0 Å². The zero-order valence-corrected chi connectivity index (χ0v) is 11.3. The highest BCUT2D eigenvalue weighted by Crippen LogP contribution is 2.27. The number of hydrogen-bond donors (Lipinski definition) is 2. The van der Waals surface area contributed by atoms with E-state index in [1.54, 1.807) is 6.33 Å². The number of fused-ring (bicyclic) bond motifs is 1. The maximum Gasteiger partial charge on any atom is 0.223 e. The van der Waals surface area contributed by atoms with Gasteiger partial charge in [-0.1, -0.05) is 0 Å². The summed E-state index contributed by atoms with van der Waals surface area (Å²) in [6.45, 7) is 2.00. The molecule has 0 spiro atoms. The Bertz CT molecular complexity index is 717. The summed E-state index contributed by atoms with van der Waals surface area (Å²) in [6.07, 6.45) is 1.67. The van der Waals surface area contributed by atoms with Gasteiger partial charge in [0, 0.05) is 7.05 Å². The van der Waals surface area contributed by atoms with Crippen LogP contribution < -0.4 is 11.1 Å². The summed E-state index contributed by atoms with van der Waals surface area (Å²) in [5.41, 5.74) is 5.72. The van der Waals surface area contributed by atoms with Crippen molar-refractivity contribution in [3.8, 4) is 0 Å². The van der Waals surface area contributed by atoms with Crippen LogP contribution >= 0.6 is 11.3 Å². The third-order valence-corrected chi connectivity index (χ3v) is 3.64. The second-order valence-corrected chi connectivity index (χ2v) is 5.13. The molecule has 19 heavy (non-hydrogen) atoms. The standard InChI is InChI=1S/C11H13N7S/c1-6(9-17-13-5-18(9)2)14-8-7-3-4-19-10(7)16-11(12)15-8/h3-6H,1-2H3,(H3,12,14,15,16). The predicted molar refractivity (Wildman–Crippen MR) is 74.9 cm³/mol. The van der Waals surface area contributed by atoms with Crippen molar-refractivity contribution < 1.29 is 0 Å². The zero-order chi connectivity index (χ0) is 13.4. The minimum atomic E-state index is -0.0232. The van der Waals surface area contributed by atoms with Crippen LogP contribution in [0.25, 0.3) is 10.2 Å². The van der Waals surface area contributed by atoms with E-state index in [2.05, 4.69) is 25.5 Å². The minimum Gasteiger partial charge on any atom is -0.368 e. The molecule has 3 rings (SSSR count). The van der Waals surface area contributed by atoms with Gasteiger partial charge in [-0.05, 0) is 18.4 Å². The number of aromatic nitrogens is 5. The van der Waals surface area contributed by atoms with Gasteiger partial charge in [0.1, 0.15) is 17.0 Å². The molecule has 7 nitrogen and oxygen atoms in total. The van der Waals surface area contributed by atoms with Crippen molar-refractivity contribution in [2.45, 2.75) is 13.0 Å². The van der Waals surface area contributed by atoms with Crippen molar-refractivity contribution in [1.82, 2.24) is 24.7 Å². The Morgan fingerprint density at radius 1 is 1.42 bits per heavy atom. The molecule has 0 fully saturated rings. The lowest BCUT2D eigenvalue weighted by Crippen LogP contribution is -2.13. The van der Waals surface area contributed by atoms with E-state index in [1.165, 1.54) is 11.3 Å². The Labute approximate surface area is 113 Å². The summed E-state index contributed by atoms with van der Waals surface area (Å²) in [5, 5.41) is 14.2. The number of nitrogens with two attached hydrogens (primary N) is 1. The molecule has 0 saturated heterocycles. The molecule has 0 aliphatic rings. The topological polar surface area (TPSA) is 94.5 Å². The number of aryl methyl sites for hydroxylation is 1. The molecule has 0 amide bonds. The first-order chi connectivity index (χ1) is 9.15. The third-order valence-electron chi connectivity index (χ3n) is 2.83. The van der Waals surface area contributed by atoms with E-state index >= 15 is 0 Å². The van der Waals surface area contributed by atoms with Crippen LogP contribution in [0, 0.1) is 0 Å². The highest BCUT2D eigenvalue weighted by Gasteiger charge is 2.14. The smallest absolute Gasteiger partial charge is 0.223 e. The number of rotatable bonds is 3. The molecule has 0 radical (unpaired) electrons. The Kier molecular flexibility index (Phi) is 2.79. The summed E-state index contributed by atoms with van der Waals surface area (Å²) in [7, 11) is 1.90. The molecule has 3 heterocycles. The maximum absolute atomic E-state index is 5.72. The van der Waals surface area contributed by atoms with Crippen molar-refractivity contribution in [3.05, 3.63) is 23.6 Å². The fourth-order valence-electron chi connectivity index (χ4n) is 1.94. The molecule has 3 aromatic rings. The summed E-state index contributed by atoms with van der Waals surface area (Å²) in [4.78, 5) is 9.33.